The van der Waals surface area contributed by atoms with Crippen LogP contribution >= 0.6 is 0 Å². The highest BCUT2D eigenvalue weighted by molar-refractivity contribution is 7.89. The average Bonchev–Trinajstić information content (AvgIpc) is 2.73. The van der Waals surface area contributed by atoms with Crippen molar-refractivity contribution in [2.24, 2.45) is 0 Å². The molecule has 1 aliphatic rings. The second-order valence-corrected chi connectivity index (χ2v) is 9.42. The quantitative estimate of drug-likeness (QED) is 0.663. The number of benzene rings is 2. The molecule has 156 valence electrons. The number of sulfonamides is 1. The minimum absolute atomic E-state index is 0.0175. The number of carbonyl (C=O) groups excluding carboxylic acids is 1. The number of piperazine rings is 1. The fraction of sp³-hybridized carbons (Fsp3) is 0.381. The van der Waals surface area contributed by atoms with Gasteiger partial charge >= 0.3 is 0 Å². The van der Waals surface area contributed by atoms with Crippen LogP contribution in [0.25, 0.3) is 0 Å². The fourth-order valence-corrected chi connectivity index (χ4v) is 4.83. The molecule has 1 fully saturated rings. The number of rotatable bonds is 7. The first-order valence-electron chi connectivity index (χ1n) is 9.78. The van der Waals surface area contributed by atoms with Gasteiger partial charge in [-0.15, -0.1) is 0 Å². The van der Waals surface area contributed by atoms with Gasteiger partial charge < -0.3 is 15.1 Å². The SMILES string of the molecule is CN(C)c1ccc(CNC(=O)C[NH+]2CCN(S(=O)(=O)c3ccccc3)CC2)cc1. The van der Waals surface area contributed by atoms with Crippen molar-refractivity contribution >= 4 is 21.6 Å². The molecule has 1 saturated heterocycles. The Hall–Kier alpha value is -2.42. The van der Waals surface area contributed by atoms with E-state index < -0.39 is 10.0 Å². The molecule has 8 heteroatoms. The first-order chi connectivity index (χ1) is 13.9. The first-order valence-corrected chi connectivity index (χ1v) is 11.2. The van der Waals surface area contributed by atoms with Crippen LogP contribution in [0.2, 0.25) is 0 Å². The van der Waals surface area contributed by atoms with Gasteiger partial charge in [0.05, 0.1) is 31.1 Å². The summed E-state index contributed by atoms with van der Waals surface area (Å²) in [4.78, 5) is 15.7. The van der Waals surface area contributed by atoms with Crippen LogP contribution in [0.5, 0.6) is 0 Å². The molecule has 0 atom stereocenters. The molecule has 0 spiro atoms. The van der Waals surface area contributed by atoms with E-state index in [4.69, 9.17) is 0 Å². The molecule has 0 aliphatic carbocycles. The number of quaternary nitrogens is 1. The standard InChI is InChI=1S/C21H28N4O3S/c1-23(2)19-10-8-18(9-11-19)16-22-21(26)17-24-12-14-25(15-13-24)29(27,28)20-6-4-3-5-7-20/h3-11H,12-17H2,1-2H3,(H,22,26)/p+1. The third-order valence-corrected chi connectivity index (χ3v) is 7.08. The Balaban J connectivity index is 1.45. The van der Waals surface area contributed by atoms with Crippen LogP contribution in [0, 0.1) is 0 Å². The molecule has 0 unspecified atom stereocenters. The van der Waals surface area contributed by atoms with E-state index in [-0.39, 0.29) is 5.91 Å². The van der Waals surface area contributed by atoms with Crippen LogP contribution < -0.4 is 15.1 Å². The van der Waals surface area contributed by atoms with E-state index in [9.17, 15) is 13.2 Å². The van der Waals surface area contributed by atoms with E-state index in [0.717, 1.165) is 16.2 Å². The van der Waals surface area contributed by atoms with E-state index in [1.54, 1.807) is 30.3 Å². The van der Waals surface area contributed by atoms with Crippen LogP contribution in [0.4, 0.5) is 5.69 Å². The number of nitrogens with zero attached hydrogens (tertiary/aromatic N) is 2. The normalized spacial score (nSPS) is 15.8. The Labute approximate surface area is 173 Å². The van der Waals surface area contributed by atoms with Gasteiger partial charge in [0.1, 0.15) is 0 Å². The molecule has 3 rings (SSSR count). The summed E-state index contributed by atoms with van der Waals surface area (Å²) in [7, 11) is 0.527. The molecule has 0 aromatic heterocycles. The Morgan fingerprint density at radius 3 is 2.24 bits per heavy atom. The van der Waals surface area contributed by atoms with Crippen LogP contribution in [0.3, 0.4) is 0 Å². The number of nitrogens with one attached hydrogen (secondary N) is 2. The molecule has 0 saturated carbocycles. The molecule has 1 aliphatic heterocycles. The molecule has 1 amide bonds. The highest BCUT2D eigenvalue weighted by Gasteiger charge is 2.30. The highest BCUT2D eigenvalue weighted by atomic mass is 32.2. The Morgan fingerprint density at radius 2 is 1.66 bits per heavy atom. The summed E-state index contributed by atoms with van der Waals surface area (Å²) in [5.41, 5.74) is 2.17. The van der Waals surface area contributed by atoms with E-state index in [1.165, 1.54) is 4.31 Å². The van der Waals surface area contributed by atoms with Crippen molar-refractivity contribution in [2.75, 3.05) is 51.7 Å². The van der Waals surface area contributed by atoms with Crippen molar-refractivity contribution in [3.8, 4) is 0 Å². The Morgan fingerprint density at radius 1 is 1.03 bits per heavy atom. The van der Waals surface area contributed by atoms with Crippen LogP contribution in [-0.4, -0.2) is 65.4 Å². The maximum Gasteiger partial charge on any atom is 0.275 e. The monoisotopic (exact) mass is 417 g/mol. The second-order valence-electron chi connectivity index (χ2n) is 7.48. The minimum atomic E-state index is -3.45. The lowest BCUT2D eigenvalue weighted by Crippen LogP contribution is -3.15. The summed E-state index contributed by atoms with van der Waals surface area (Å²) in [6.45, 7) is 2.94. The zero-order valence-electron chi connectivity index (χ0n) is 17.0. The van der Waals surface area contributed by atoms with Gasteiger partial charge in [-0.05, 0) is 29.8 Å². The van der Waals surface area contributed by atoms with Crippen LogP contribution in [0.15, 0.2) is 59.5 Å². The van der Waals surface area contributed by atoms with E-state index in [0.29, 0.717) is 44.2 Å². The lowest BCUT2D eigenvalue weighted by molar-refractivity contribution is -0.895. The second kappa shape index (κ2) is 9.39. The smallest absolute Gasteiger partial charge is 0.275 e. The number of hydrogen-bond donors (Lipinski definition) is 2. The topological polar surface area (TPSA) is 74.2 Å². The minimum Gasteiger partial charge on any atom is -0.378 e. The summed E-state index contributed by atoms with van der Waals surface area (Å²) >= 11 is 0. The number of anilines is 1. The van der Waals surface area contributed by atoms with Gasteiger partial charge in [-0.1, -0.05) is 30.3 Å². The van der Waals surface area contributed by atoms with Gasteiger partial charge in [0.25, 0.3) is 5.91 Å². The van der Waals surface area contributed by atoms with E-state index in [2.05, 4.69) is 5.32 Å². The Bertz CT molecular complexity index is 907. The van der Waals surface area contributed by atoms with Crippen molar-refractivity contribution in [1.29, 1.82) is 0 Å². The van der Waals surface area contributed by atoms with Gasteiger partial charge in [-0.2, -0.15) is 4.31 Å². The summed E-state index contributed by atoms with van der Waals surface area (Å²) in [5, 5.41) is 2.96. The molecule has 2 aromatic carbocycles. The van der Waals surface area contributed by atoms with Gasteiger partial charge in [0.2, 0.25) is 10.0 Å². The average molecular weight is 418 g/mol. The molecule has 2 aromatic rings. The highest BCUT2D eigenvalue weighted by Crippen LogP contribution is 2.15. The zero-order valence-corrected chi connectivity index (χ0v) is 17.8. The van der Waals surface area contributed by atoms with Crippen molar-refractivity contribution in [3.63, 3.8) is 0 Å². The fourth-order valence-electron chi connectivity index (χ4n) is 3.36. The van der Waals surface area contributed by atoms with Crippen molar-refractivity contribution in [3.05, 3.63) is 60.2 Å². The van der Waals surface area contributed by atoms with Crippen LogP contribution in [-0.2, 0) is 21.4 Å². The summed E-state index contributed by atoms with van der Waals surface area (Å²) in [6.07, 6.45) is 0. The van der Waals surface area contributed by atoms with E-state index in [1.807, 2.05) is 43.3 Å². The number of carbonyl (C=O) groups is 1. The van der Waals surface area contributed by atoms with E-state index >= 15 is 0 Å². The van der Waals surface area contributed by atoms with Crippen molar-refractivity contribution < 1.29 is 18.1 Å². The zero-order chi connectivity index (χ0) is 20.9. The molecule has 0 radical (unpaired) electrons. The van der Waals surface area contributed by atoms with Crippen LogP contribution in [0.1, 0.15) is 5.56 Å². The van der Waals surface area contributed by atoms with Gasteiger partial charge in [0, 0.05) is 26.3 Å². The predicted molar refractivity (Wildman–Crippen MR) is 113 cm³/mol. The third-order valence-electron chi connectivity index (χ3n) is 5.16. The molecule has 1 heterocycles. The molecule has 2 N–H and O–H groups in total. The van der Waals surface area contributed by atoms with Crippen molar-refractivity contribution in [2.45, 2.75) is 11.4 Å². The summed E-state index contributed by atoms with van der Waals surface area (Å²) < 4.78 is 26.9. The van der Waals surface area contributed by atoms with Gasteiger partial charge in [0.15, 0.2) is 6.54 Å². The van der Waals surface area contributed by atoms with Gasteiger partial charge in [-0.25, -0.2) is 8.42 Å². The lowest BCUT2D eigenvalue weighted by atomic mass is 10.2. The molecule has 0 bridgehead atoms. The summed E-state index contributed by atoms with van der Waals surface area (Å²) in [5.74, 6) is -0.0175. The third kappa shape index (κ3) is 5.56. The summed E-state index contributed by atoms with van der Waals surface area (Å²) in [6, 6.07) is 16.6. The molecular formula is C21H29N4O3S+. The van der Waals surface area contributed by atoms with Crippen molar-refractivity contribution in [1.82, 2.24) is 9.62 Å². The molecular weight excluding hydrogens is 388 g/mol. The predicted octanol–water partition coefficient (Wildman–Crippen LogP) is -0.0418. The number of hydrogen-bond acceptors (Lipinski definition) is 4. The maximum absolute atomic E-state index is 12.7. The molecule has 7 nitrogen and oxygen atoms in total. The largest absolute Gasteiger partial charge is 0.378 e. The maximum atomic E-state index is 12.7. The first kappa shape index (κ1) is 21.3. The molecule has 29 heavy (non-hydrogen) atoms. The number of amides is 1. The Kier molecular flexibility index (Phi) is 6.89. The van der Waals surface area contributed by atoms with Gasteiger partial charge in [-0.3, -0.25) is 4.79 Å². The lowest BCUT2D eigenvalue weighted by Gasteiger charge is -2.31.